The van der Waals surface area contributed by atoms with Crippen LogP contribution in [0.3, 0.4) is 0 Å². The van der Waals surface area contributed by atoms with Gasteiger partial charge in [-0.15, -0.1) is 11.3 Å². The second kappa shape index (κ2) is 7.13. The van der Waals surface area contributed by atoms with Crippen molar-refractivity contribution in [1.82, 2.24) is 29.4 Å². The number of fused-ring (bicyclic) bond motifs is 1. The Balaban J connectivity index is 1.46. The Bertz CT molecular complexity index is 933. The molecule has 1 saturated heterocycles. The topological polar surface area (TPSA) is 66.6 Å². The molecule has 0 bridgehead atoms. The van der Waals surface area contributed by atoms with E-state index in [2.05, 4.69) is 25.3 Å². The van der Waals surface area contributed by atoms with Gasteiger partial charge < -0.3 is 4.90 Å². The van der Waals surface area contributed by atoms with Crippen LogP contribution in [0.1, 0.15) is 33.2 Å². The van der Waals surface area contributed by atoms with Crippen LogP contribution in [-0.2, 0) is 6.54 Å². The molecule has 7 nitrogen and oxygen atoms in total. The van der Waals surface area contributed by atoms with Gasteiger partial charge in [-0.1, -0.05) is 0 Å². The lowest BCUT2D eigenvalue weighted by Gasteiger charge is -2.21. The summed E-state index contributed by atoms with van der Waals surface area (Å²) in [5.74, 6) is 0.0180. The second-order valence-electron chi connectivity index (χ2n) is 6.68. The number of hydrogen-bond donors (Lipinski definition) is 0. The third-order valence-electron chi connectivity index (χ3n) is 4.67. The van der Waals surface area contributed by atoms with Crippen molar-refractivity contribution in [3.05, 3.63) is 45.8 Å². The number of nitrogens with zero attached hydrogens (tertiary/aromatic N) is 6. The van der Waals surface area contributed by atoms with Crippen LogP contribution in [-0.4, -0.2) is 61.5 Å². The normalized spacial score (nSPS) is 16.2. The minimum Gasteiger partial charge on any atom is -0.337 e. The number of aromatic nitrogens is 4. The van der Waals surface area contributed by atoms with Gasteiger partial charge in [-0.05, 0) is 26.3 Å². The maximum absolute atomic E-state index is 13.0. The van der Waals surface area contributed by atoms with Gasteiger partial charge in [-0.2, -0.15) is 5.10 Å². The molecule has 3 aromatic heterocycles. The van der Waals surface area contributed by atoms with Gasteiger partial charge in [0.25, 0.3) is 5.91 Å². The molecule has 1 amide bonds. The first kappa shape index (κ1) is 17.1. The molecule has 0 aromatic carbocycles. The summed E-state index contributed by atoms with van der Waals surface area (Å²) in [7, 11) is 0. The van der Waals surface area contributed by atoms with Crippen LogP contribution in [0.2, 0.25) is 0 Å². The van der Waals surface area contributed by atoms with Crippen LogP contribution in [0, 0.1) is 13.8 Å². The molecule has 0 atom stereocenters. The SMILES string of the molecule is Cc1ccn2ncc(C(=O)N3CCCN(Cc4csc(C)n4)CC3)c2n1. The Morgan fingerprint density at radius 1 is 1.19 bits per heavy atom. The van der Waals surface area contributed by atoms with Gasteiger partial charge in [0.05, 0.1) is 16.9 Å². The van der Waals surface area contributed by atoms with Crippen molar-refractivity contribution < 1.29 is 4.79 Å². The van der Waals surface area contributed by atoms with E-state index in [1.54, 1.807) is 22.0 Å². The predicted octanol–water partition coefficient (Wildman–Crippen LogP) is 2.15. The average molecular weight is 370 g/mol. The Kier molecular flexibility index (Phi) is 4.69. The molecule has 0 unspecified atom stereocenters. The molecule has 0 spiro atoms. The smallest absolute Gasteiger partial charge is 0.259 e. The van der Waals surface area contributed by atoms with Gasteiger partial charge in [0.2, 0.25) is 0 Å². The first-order valence-electron chi connectivity index (χ1n) is 8.84. The highest BCUT2D eigenvalue weighted by atomic mass is 32.1. The van der Waals surface area contributed by atoms with Crippen molar-refractivity contribution >= 4 is 22.9 Å². The number of rotatable bonds is 3. The molecule has 3 aromatic rings. The molecule has 0 saturated carbocycles. The summed E-state index contributed by atoms with van der Waals surface area (Å²) in [6, 6.07) is 1.89. The lowest BCUT2D eigenvalue weighted by molar-refractivity contribution is 0.0763. The summed E-state index contributed by atoms with van der Waals surface area (Å²) in [6.45, 7) is 8.11. The zero-order valence-electron chi connectivity index (χ0n) is 15.1. The third-order valence-corrected chi connectivity index (χ3v) is 5.49. The highest BCUT2D eigenvalue weighted by Crippen LogP contribution is 2.16. The second-order valence-corrected chi connectivity index (χ2v) is 7.74. The van der Waals surface area contributed by atoms with E-state index >= 15 is 0 Å². The van der Waals surface area contributed by atoms with Gasteiger partial charge >= 0.3 is 0 Å². The Morgan fingerprint density at radius 2 is 2.08 bits per heavy atom. The highest BCUT2D eigenvalue weighted by molar-refractivity contribution is 7.09. The first-order valence-corrected chi connectivity index (χ1v) is 9.72. The number of hydrogen-bond acceptors (Lipinski definition) is 6. The maximum Gasteiger partial charge on any atom is 0.259 e. The minimum absolute atomic E-state index is 0.0180. The first-order chi connectivity index (χ1) is 12.6. The number of amides is 1. The van der Waals surface area contributed by atoms with E-state index in [9.17, 15) is 4.79 Å². The standard InChI is InChI=1S/C18H22N6OS/c1-13-4-7-24-17(20-13)16(10-19-24)18(25)23-6-3-5-22(8-9-23)11-15-12-26-14(2)21-15/h4,7,10,12H,3,5-6,8-9,11H2,1-2H3. The molecular formula is C18H22N6OS. The zero-order valence-corrected chi connectivity index (χ0v) is 15.9. The molecule has 1 aliphatic heterocycles. The van der Waals surface area contributed by atoms with Crippen molar-refractivity contribution in [1.29, 1.82) is 0 Å². The fourth-order valence-electron chi connectivity index (χ4n) is 3.32. The molecule has 8 heteroatoms. The molecular weight excluding hydrogens is 348 g/mol. The van der Waals surface area contributed by atoms with Crippen molar-refractivity contribution in [2.45, 2.75) is 26.8 Å². The van der Waals surface area contributed by atoms with Crippen LogP contribution >= 0.6 is 11.3 Å². The third kappa shape index (κ3) is 3.47. The summed E-state index contributed by atoms with van der Waals surface area (Å²) in [5.41, 5.74) is 3.22. The molecule has 1 aliphatic rings. The van der Waals surface area contributed by atoms with Crippen LogP contribution in [0.15, 0.2) is 23.8 Å². The van der Waals surface area contributed by atoms with Crippen LogP contribution in [0.25, 0.3) is 5.65 Å². The van der Waals surface area contributed by atoms with Gasteiger partial charge in [-0.3, -0.25) is 9.69 Å². The molecule has 0 N–H and O–H groups in total. The van der Waals surface area contributed by atoms with E-state index in [4.69, 9.17) is 0 Å². The lowest BCUT2D eigenvalue weighted by atomic mass is 10.2. The molecule has 4 heterocycles. The van der Waals surface area contributed by atoms with Gasteiger partial charge in [0.1, 0.15) is 5.56 Å². The zero-order chi connectivity index (χ0) is 18.1. The van der Waals surface area contributed by atoms with Gasteiger partial charge in [0, 0.05) is 50.0 Å². The van der Waals surface area contributed by atoms with Gasteiger partial charge in [0.15, 0.2) is 5.65 Å². The summed E-state index contributed by atoms with van der Waals surface area (Å²) >= 11 is 1.69. The van der Waals surface area contributed by atoms with Crippen molar-refractivity contribution in [2.75, 3.05) is 26.2 Å². The average Bonchev–Trinajstić information content (AvgIpc) is 3.14. The van der Waals surface area contributed by atoms with E-state index in [1.807, 2.05) is 31.0 Å². The highest BCUT2D eigenvalue weighted by Gasteiger charge is 2.23. The molecule has 0 radical (unpaired) electrons. The van der Waals surface area contributed by atoms with Crippen LogP contribution < -0.4 is 0 Å². The van der Waals surface area contributed by atoms with Crippen LogP contribution in [0.4, 0.5) is 0 Å². The Labute approximate surface area is 156 Å². The lowest BCUT2D eigenvalue weighted by Crippen LogP contribution is -2.35. The van der Waals surface area contributed by atoms with Crippen LogP contribution in [0.5, 0.6) is 0 Å². The fraction of sp³-hybridized carbons (Fsp3) is 0.444. The predicted molar refractivity (Wildman–Crippen MR) is 100 cm³/mol. The molecule has 1 fully saturated rings. The number of thiazole rings is 1. The summed E-state index contributed by atoms with van der Waals surface area (Å²) in [4.78, 5) is 26.3. The fourth-order valence-corrected chi connectivity index (χ4v) is 3.93. The summed E-state index contributed by atoms with van der Waals surface area (Å²) in [6.07, 6.45) is 4.43. The van der Waals surface area contributed by atoms with E-state index in [1.165, 1.54) is 0 Å². The summed E-state index contributed by atoms with van der Waals surface area (Å²) < 4.78 is 1.66. The van der Waals surface area contributed by atoms with Gasteiger partial charge in [-0.25, -0.2) is 14.5 Å². The number of carbonyl (C=O) groups excluding carboxylic acids is 1. The summed E-state index contributed by atoms with van der Waals surface area (Å²) in [5, 5.41) is 7.48. The Hall–Kier alpha value is -2.32. The van der Waals surface area contributed by atoms with Crippen molar-refractivity contribution in [3.63, 3.8) is 0 Å². The molecule has 0 aliphatic carbocycles. The molecule has 26 heavy (non-hydrogen) atoms. The van der Waals surface area contributed by atoms with Crippen molar-refractivity contribution in [3.8, 4) is 0 Å². The minimum atomic E-state index is 0.0180. The largest absolute Gasteiger partial charge is 0.337 e. The number of carbonyl (C=O) groups is 1. The monoisotopic (exact) mass is 370 g/mol. The van der Waals surface area contributed by atoms with E-state index < -0.39 is 0 Å². The maximum atomic E-state index is 13.0. The Morgan fingerprint density at radius 3 is 2.88 bits per heavy atom. The number of aryl methyl sites for hydroxylation is 2. The molecule has 136 valence electrons. The van der Waals surface area contributed by atoms with E-state index in [-0.39, 0.29) is 5.91 Å². The molecule has 4 rings (SSSR count). The van der Waals surface area contributed by atoms with E-state index in [0.29, 0.717) is 17.8 Å². The van der Waals surface area contributed by atoms with E-state index in [0.717, 1.165) is 49.0 Å². The van der Waals surface area contributed by atoms with Crippen molar-refractivity contribution in [2.24, 2.45) is 0 Å². The quantitative estimate of drug-likeness (QED) is 0.707.